The number of hydrogen-bond donors (Lipinski definition) is 1. The molecule has 0 fully saturated rings. The van der Waals surface area contributed by atoms with Crippen LogP contribution in [0.15, 0.2) is 0 Å². The lowest BCUT2D eigenvalue weighted by Gasteiger charge is -2.36. The molecule has 0 aromatic carbocycles. The predicted octanol–water partition coefficient (Wildman–Crippen LogP) is 13.6. The number of unbranched alkanes of at least 4 members (excludes halogenated alkanes) is 24. The van der Waals surface area contributed by atoms with Crippen molar-refractivity contribution in [1.29, 1.82) is 0 Å². The van der Waals surface area contributed by atoms with Gasteiger partial charge in [-0.2, -0.15) is 0 Å². The fourth-order valence-electron chi connectivity index (χ4n) is 4.98. The highest BCUT2D eigenvalue weighted by atomic mass is 28.4. The van der Waals surface area contributed by atoms with Gasteiger partial charge in [-0.25, -0.2) is 0 Å². The van der Waals surface area contributed by atoms with E-state index in [2.05, 4.69) is 65.5 Å². The molecule has 0 aromatic rings. The van der Waals surface area contributed by atoms with Gasteiger partial charge in [0.25, 0.3) is 0 Å². The molecule has 0 amide bonds. The molecule has 0 rings (SSSR count). The molecule has 2 nitrogen and oxygen atoms in total. The van der Waals surface area contributed by atoms with E-state index >= 15 is 0 Å². The first-order valence-electron chi connectivity index (χ1n) is 19.3. The van der Waals surface area contributed by atoms with Crippen molar-refractivity contribution < 1.29 is 9.53 Å². The molecule has 260 valence electrons. The number of rotatable bonds is 28. The molecule has 3 heteroatoms. The first kappa shape index (κ1) is 45.4. The first-order chi connectivity index (χ1) is 21.1. The third-order valence-electron chi connectivity index (χ3n) is 9.24. The van der Waals surface area contributed by atoms with Crippen LogP contribution in [0, 0.1) is 24.2 Å². The maximum atomic E-state index is 10.1. The van der Waals surface area contributed by atoms with Crippen molar-refractivity contribution in [3.05, 3.63) is 0 Å². The van der Waals surface area contributed by atoms with Crippen LogP contribution in [0.3, 0.4) is 0 Å². The monoisotopic (exact) mass is 633 g/mol. The molecule has 0 saturated heterocycles. The molecule has 44 heavy (non-hydrogen) atoms. The second kappa shape index (κ2) is 33.6. The van der Waals surface area contributed by atoms with Crippen LogP contribution in [0.2, 0.25) is 18.1 Å². The fourth-order valence-corrected chi connectivity index (χ4v) is 6.02. The summed E-state index contributed by atoms with van der Waals surface area (Å²) in [5.74, 6) is 9.06. The van der Waals surface area contributed by atoms with Gasteiger partial charge in [0.05, 0.1) is 12.7 Å². The molecule has 0 aromatic heterocycles. The van der Waals surface area contributed by atoms with Gasteiger partial charge in [-0.3, -0.25) is 0 Å². The largest absolute Gasteiger partial charge is 0.414 e. The zero-order valence-electron chi connectivity index (χ0n) is 31.3. The smallest absolute Gasteiger partial charge is 0.192 e. The molecule has 1 N–H and O–H groups in total. The van der Waals surface area contributed by atoms with Crippen LogP contribution < -0.4 is 0 Å². The summed E-state index contributed by atoms with van der Waals surface area (Å²) >= 11 is 0. The zero-order chi connectivity index (χ0) is 33.2. The lowest BCUT2D eigenvalue weighted by molar-refractivity contribution is 0.104. The second-order valence-electron chi connectivity index (χ2n) is 14.8. The fraction of sp³-hybridized carbons (Fsp3) is 0.902. The van der Waals surface area contributed by atoms with E-state index in [-0.39, 0.29) is 5.04 Å². The van der Waals surface area contributed by atoms with E-state index < -0.39 is 14.4 Å². The summed E-state index contributed by atoms with van der Waals surface area (Å²) in [4.78, 5) is 0. The molecule has 0 bridgehead atoms. The van der Waals surface area contributed by atoms with Crippen LogP contribution in [0.5, 0.6) is 0 Å². The van der Waals surface area contributed by atoms with Gasteiger partial charge < -0.3 is 9.53 Å². The third-order valence-corrected chi connectivity index (χ3v) is 13.7. The van der Waals surface area contributed by atoms with Crippen LogP contribution >= 0.6 is 0 Å². The Morgan fingerprint density at radius 2 is 0.909 bits per heavy atom. The van der Waals surface area contributed by atoms with E-state index in [1.807, 2.05) is 0 Å². The Morgan fingerprint density at radius 3 is 1.25 bits per heavy atom. The van der Waals surface area contributed by atoms with Gasteiger partial charge in [0.2, 0.25) is 0 Å². The quantitative estimate of drug-likeness (QED) is 0.0528. The van der Waals surface area contributed by atoms with E-state index in [9.17, 15) is 5.11 Å². The van der Waals surface area contributed by atoms with E-state index in [1.165, 1.54) is 154 Å². The van der Waals surface area contributed by atoms with Crippen LogP contribution in [-0.4, -0.2) is 26.1 Å². The highest BCUT2D eigenvalue weighted by Gasteiger charge is 2.37. The number of hydrogen-bond acceptors (Lipinski definition) is 2. The van der Waals surface area contributed by atoms with Gasteiger partial charge >= 0.3 is 0 Å². The Morgan fingerprint density at radius 1 is 0.568 bits per heavy atom. The highest BCUT2D eigenvalue weighted by molar-refractivity contribution is 6.74. The summed E-state index contributed by atoms with van der Waals surface area (Å²) in [6, 6.07) is 0. The lowest BCUT2D eigenvalue weighted by Crippen LogP contribution is -2.42. The maximum Gasteiger partial charge on any atom is 0.192 e. The summed E-state index contributed by atoms with van der Waals surface area (Å²) < 4.78 is 6.05. The van der Waals surface area contributed by atoms with Crippen molar-refractivity contribution in [3.63, 3.8) is 0 Å². The summed E-state index contributed by atoms with van der Waals surface area (Å²) in [6.45, 7) is 16.1. The van der Waals surface area contributed by atoms with Crippen molar-refractivity contribution >= 4 is 8.32 Å². The summed E-state index contributed by atoms with van der Waals surface area (Å²) in [7, 11) is -1.77. The van der Waals surface area contributed by atoms with Crippen molar-refractivity contribution in [2.24, 2.45) is 0 Å². The summed E-state index contributed by atoms with van der Waals surface area (Å²) in [5, 5.41) is 10.3. The van der Waals surface area contributed by atoms with Crippen LogP contribution in [-0.2, 0) is 4.43 Å². The molecular formula is C41H80O2Si. The maximum absolute atomic E-state index is 10.1. The predicted molar refractivity (Wildman–Crippen MR) is 202 cm³/mol. The van der Waals surface area contributed by atoms with Crippen molar-refractivity contribution in [2.45, 2.75) is 232 Å². The standard InChI is InChI=1S/C25H50O2Si.C16H30/c1-7-8-9-10-11-12-13-14-15-16-17-18-19-20-21-22-24(26)23-27-28(5,6)25(2,3)4;1-3-5-7-9-11-13-15-16-14-12-10-8-6-4-2/h24,26H,7-19,22-23H2,1-6H3;1H,4-16H2,2H3/t24-;/m1./s1. The minimum Gasteiger partial charge on any atom is -0.414 e. The van der Waals surface area contributed by atoms with E-state index in [0.29, 0.717) is 13.0 Å². The van der Waals surface area contributed by atoms with Gasteiger partial charge in [-0.05, 0) is 31.0 Å². The van der Waals surface area contributed by atoms with Crippen LogP contribution in [0.25, 0.3) is 0 Å². The van der Waals surface area contributed by atoms with Crippen molar-refractivity contribution in [2.75, 3.05) is 6.61 Å². The Kier molecular flexibility index (Phi) is 34.7. The third kappa shape index (κ3) is 34.1. The van der Waals surface area contributed by atoms with Crippen molar-refractivity contribution in [1.82, 2.24) is 0 Å². The average molecular weight is 633 g/mol. The first-order valence-corrected chi connectivity index (χ1v) is 22.2. The molecule has 0 saturated carbocycles. The minimum atomic E-state index is -1.77. The van der Waals surface area contributed by atoms with Crippen molar-refractivity contribution in [3.8, 4) is 24.2 Å². The highest BCUT2D eigenvalue weighted by Crippen LogP contribution is 2.36. The summed E-state index contributed by atoms with van der Waals surface area (Å²) in [5.41, 5.74) is 0. The Balaban J connectivity index is 0. The number of aliphatic hydroxyl groups excluding tert-OH is 1. The SMILES string of the molecule is C#CCCCCCCCCCCCCCC.CCCCCCCCCCCCCCC#CC[C@@H](O)CO[Si](C)(C)C(C)(C)C. The molecular weight excluding hydrogens is 553 g/mol. The average Bonchev–Trinajstić information content (AvgIpc) is 2.98. The Labute approximate surface area is 280 Å². The van der Waals surface area contributed by atoms with Gasteiger partial charge in [-0.1, -0.05) is 176 Å². The molecule has 0 radical (unpaired) electrons. The number of aliphatic hydroxyl groups is 1. The van der Waals surface area contributed by atoms with E-state index in [0.717, 1.165) is 12.8 Å². The Bertz CT molecular complexity index is 675. The van der Waals surface area contributed by atoms with Gasteiger partial charge in [-0.15, -0.1) is 24.2 Å². The molecule has 0 aliphatic rings. The van der Waals surface area contributed by atoms with Crippen LogP contribution in [0.4, 0.5) is 0 Å². The summed E-state index contributed by atoms with van der Waals surface area (Å²) in [6.07, 6.45) is 40.6. The van der Waals surface area contributed by atoms with E-state index in [4.69, 9.17) is 10.8 Å². The molecule has 0 heterocycles. The van der Waals surface area contributed by atoms with Gasteiger partial charge in [0.1, 0.15) is 0 Å². The topological polar surface area (TPSA) is 29.5 Å². The number of terminal acetylenes is 1. The lowest BCUT2D eigenvalue weighted by atomic mass is 10.0. The van der Waals surface area contributed by atoms with Crippen LogP contribution in [0.1, 0.15) is 208 Å². The zero-order valence-corrected chi connectivity index (χ0v) is 32.3. The minimum absolute atomic E-state index is 0.188. The van der Waals surface area contributed by atoms with E-state index in [1.54, 1.807) is 0 Å². The Hall–Kier alpha value is -0.743. The molecule has 0 unspecified atom stereocenters. The normalized spacial score (nSPS) is 12.2. The molecule has 0 aliphatic carbocycles. The molecule has 1 atom stereocenters. The second-order valence-corrected chi connectivity index (χ2v) is 19.6. The van der Waals surface area contributed by atoms with Gasteiger partial charge in [0, 0.05) is 19.3 Å². The van der Waals surface area contributed by atoms with Gasteiger partial charge in [0.15, 0.2) is 8.32 Å². The molecule has 0 aliphatic heterocycles. The molecule has 0 spiro atoms.